The summed E-state index contributed by atoms with van der Waals surface area (Å²) < 4.78 is 17.3. The number of nitrogens with one attached hydrogen (secondary N) is 1. The fourth-order valence-corrected chi connectivity index (χ4v) is 3.30. The number of anilines is 1. The number of carbonyl (C=O) groups excluding carboxylic acids is 2. The number of para-hydroxylation sites is 1. The molecule has 0 aliphatic heterocycles. The van der Waals surface area contributed by atoms with E-state index in [2.05, 4.69) is 5.32 Å². The minimum absolute atomic E-state index is 0.0507. The second kappa shape index (κ2) is 8.98. The summed E-state index contributed by atoms with van der Waals surface area (Å²) in [4.78, 5) is 24.3. The fourth-order valence-electron chi connectivity index (χ4n) is 2.09. The van der Waals surface area contributed by atoms with E-state index >= 15 is 0 Å². The van der Waals surface area contributed by atoms with Crippen LogP contribution in [0.1, 0.15) is 23.7 Å². The smallest absolute Gasteiger partial charge is 0.306 e. The number of carbonyl (C=O) groups is 2. The highest BCUT2D eigenvalue weighted by molar-refractivity contribution is 7.85. The summed E-state index contributed by atoms with van der Waals surface area (Å²) in [6.07, 6.45) is 0.0507. The lowest BCUT2D eigenvalue weighted by atomic mass is 10.2. The molecule has 5 nitrogen and oxygen atoms in total. The monoisotopic (exact) mass is 345 g/mol. The van der Waals surface area contributed by atoms with E-state index in [0.717, 1.165) is 0 Å². The van der Waals surface area contributed by atoms with Crippen LogP contribution in [0.5, 0.6) is 0 Å². The molecule has 1 unspecified atom stereocenters. The molecule has 0 radical (unpaired) electrons. The van der Waals surface area contributed by atoms with Gasteiger partial charge < -0.3 is 10.1 Å². The summed E-state index contributed by atoms with van der Waals surface area (Å²) in [7, 11) is -1.46. The van der Waals surface area contributed by atoms with Gasteiger partial charge in [-0.05, 0) is 31.2 Å². The van der Waals surface area contributed by atoms with Gasteiger partial charge >= 0.3 is 5.97 Å². The van der Waals surface area contributed by atoms with E-state index in [4.69, 9.17) is 4.74 Å². The van der Waals surface area contributed by atoms with Crippen molar-refractivity contribution in [1.82, 2.24) is 0 Å². The molecule has 2 rings (SSSR count). The molecule has 0 saturated carbocycles. The normalized spacial score (nSPS) is 11.5. The van der Waals surface area contributed by atoms with Gasteiger partial charge in [0.1, 0.15) is 0 Å². The summed E-state index contributed by atoms with van der Waals surface area (Å²) in [6, 6.07) is 15.7. The molecule has 6 heteroatoms. The molecular weight excluding hydrogens is 326 g/mol. The number of rotatable bonds is 7. The van der Waals surface area contributed by atoms with Crippen LogP contribution in [0.15, 0.2) is 59.5 Å². The van der Waals surface area contributed by atoms with Crippen molar-refractivity contribution < 1.29 is 18.5 Å². The van der Waals surface area contributed by atoms with E-state index < -0.39 is 16.8 Å². The van der Waals surface area contributed by atoms with Crippen LogP contribution in [-0.2, 0) is 20.3 Å². The molecule has 2 aromatic carbocycles. The first-order valence-corrected chi connectivity index (χ1v) is 8.93. The van der Waals surface area contributed by atoms with Crippen LogP contribution in [0, 0.1) is 0 Å². The minimum atomic E-state index is -1.46. The largest absolute Gasteiger partial charge is 0.466 e. The average molecular weight is 345 g/mol. The molecule has 1 amide bonds. The third-order valence-corrected chi connectivity index (χ3v) is 4.63. The van der Waals surface area contributed by atoms with Crippen molar-refractivity contribution in [3.05, 3.63) is 60.2 Å². The topological polar surface area (TPSA) is 72.5 Å². The number of ether oxygens (including phenoxy) is 1. The third kappa shape index (κ3) is 5.03. The van der Waals surface area contributed by atoms with E-state index in [1.165, 1.54) is 0 Å². The van der Waals surface area contributed by atoms with Gasteiger partial charge in [-0.25, -0.2) is 0 Å². The van der Waals surface area contributed by atoms with Crippen molar-refractivity contribution in [2.24, 2.45) is 0 Å². The van der Waals surface area contributed by atoms with Crippen molar-refractivity contribution in [1.29, 1.82) is 0 Å². The van der Waals surface area contributed by atoms with Gasteiger partial charge in [0, 0.05) is 11.4 Å². The molecule has 24 heavy (non-hydrogen) atoms. The van der Waals surface area contributed by atoms with Gasteiger partial charge in [0.25, 0.3) is 5.91 Å². The number of hydrogen-bond donors (Lipinski definition) is 1. The first kappa shape index (κ1) is 17.9. The molecule has 1 atom stereocenters. The summed E-state index contributed by atoms with van der Waals surface area (Å²) in [5.74, 6) is -0.604. The molecule has 0 fully saturated rings. The van der Waals surface area contributed by atoms with Crippen LogP contribution in [-0.4, -0.2) is 28.4 Å². The van der Waals surface area contributed by atoms with E-state index in [0.29, 0.717) is 22.8 Å². The zero-order valence-electron chi connectivity index (χ0n) is 13.4. The third-order valence-electron chi connectivity index (χ3n) is 3.21. The summed E-state index contributed by atoms with van der Waals surface area (Å²) in [6.45, 7) is 2.01. The molecular formula is C18H19NO4S. The van der Waals surface area contributed by atoms with Crippen LogP contribution in [0.4, 0.5) is 5.69 Å². The molecule has 0 bridgehead atoms. The zero-order valence-corrected chi connectivity index (χ0v) is 14.2. The first-order chi connectivity index (χ1) is 11.6. The Labute approximate surface area is 143 Å². The zero-order chi connectivity index (χ0) is 17.4. The quantitative estimate of drug-likeness (QED) is 0.783. The molecule has 0 spiro atoms. The van der Waals surface area contributed by atoms with Crippen LogP contribution in [0.2, 0.25) is 0 Å². The Morgan fingerprint density at radius 3 is 2.42 bits per heavy atom. The average Bonchev–Trinajstić information content (AvgIpc) is 2.61. The van der Waals surface area contributed by atoms with Crippen LogP contribution in [0.25, 0.3) is 0 Å². The Morgan fingerprint density at radius 1 is 1.04 bits per heavy atom. The van der Waals surface area contributed by atoms with Gasteiger partial charge in [-0.1, -0.05) is 30.3 Å². The second-order valence-electron chi connectivity index (χ2n) is 4.92. The molecule has 2 aromatic rings. The van der Waals surface area contributed by atoms with Gasteiger partial charge in [0.2, 0.25) is 0 Å². The number of hydrogen-bond acceptors (Lipinski definition) is 4. The maximum Gasteiger partial charge on any atom is 0.306 e. The van der Waals surface area contributed by atoms with Crippen molar-refractivity contribution >= 4 is 28.4 Å². The number of amides is 1. The van der Waals surface area contributed by atoms with Crippen molar-refractivity contribution in [2.45, 2.75) is 18.2 Å². The Morgan fingerprint density at radius 2 is 1.71 bits per heavy atom. The van der Waals surface area contributed by atoms with Crippen LogP contribution in [0.3, 0.4) is 0 Å². The van der Waals surface area contributed by atoms with Gasteiger partial charge in [0.15, 0.2) is 0 Å². The molecule has 0 saturated heterocycles. The Hall–Kier alpha value is -2.47. The number of esters is 1. The van der Waals surface area contributed by atoms with Crippen molar-refractivity contribution in [3.8, 4) is 0 Å². The molecule has 0 aromatic heterocycles. The van der Waals surface area contributed by atoms with Crippen molar-refractivity contribution in [3.63, 3.8) is 0 Å². The maximum absolute atomic E-state index is 12.5. The number of benzene rings is 2. The predicted molar refractivity (Wildman–Crippen MR) is 93.4 cm³/mol. The summed E-state index contributed by atoms with van der Waals surface area (Å²) in [5, 5.41) is 2.77. The maximum atomic E-state index is 12.5. The fraction of sp³-hybridized carbons (Fsp3) is 0.222. The SMILES string of the molecule is CCOC(=O)CCS(=O)c1ccccc1C(=O)Nc1ccccc1. The Balaban J connectivity index is 2.10. The predicted octanol–water partition coefficient (Wildman–Crippen LogP) is 3.00. The van der Waals surface area contributed by atoms with E-state index in [1.807, 2.05) is 18.2 Å². The lowest BCUT2D eigenvalue weighted by molar-refractivity contribution is -0.142. The van der Waals surface area contributed by atoms with Gasteiger partial charge in [-0.15, -0.1) is 0 Å². The van der Waals surface area contributed by atoms with Crippen LogP contribution < -0.4 is 5.32 Å². The van der Waals surface area contributed by atoms with E-state index in [1.54, 1.807) is 43.3 Å². The van der Waals surface area contributed by atoms with Crippen LogP contribution >= 0.6 is 0 Å². The van der Waals surface area contributed by atoms with Gasteiger partial charge in [-0.2, -0.15) is 0 Å². The molecule has 0 heterocycles. The highest BCUT2D eigenvalue weighted by Crippen LogP contribution is 2.17. The first-order valence-electron chi connectivity index (χ1n) is 7.61. The highest BCUT2D eigenvalue weighted by atomic mass is 32.2. The molecule has 126 valence electrons. The summed E-state index contributed by atoms with van der Waals surface area (Å²) >= 11 is 0. The second-order valence-corrected chi connectivity index (χ2v) is 6.46. The lowest BCUT2D eigenvalue weighted by Gasteiger charge is -2.10. The van der Waals surface area contributed by atoms with Gasteiger partial charge in [0.05, 0.1) is 34.3 Å². The van der Waals surface area contributed by atoms with E-state index in [9.17, 15) is 13.8 Å². The Kier molecular flexibility index (Phi) is 6.69. The van der Waals surface area contributed by atoms with Crippen molar-refractivity contribution in [2.75, 3.05) is 17.7 Å². The van der Waals surface area contributed by atoms with E-state index in [-0.39, 0.29) is 18.1 Å². The molecule has 1 N–H and O–H groups in total. The standard InChI is InChI=1S/C18H19NO4S/c1-2-23-17(20)12-13-24(22)16-11-7-6-10-15(16)18(21)19-14-8-4-3-5-9-14/h3-11H,2,12-13H2,1H3,(H,19,21). The Bertz CT molecular complexity index is 731. The van der Waals surface area contributed by atoms with Gasteiger partial charge in [-0.3, -0.25) is 13.8 Å². The lowest BCUT2D eigenvalue weighted by Crippen LogP contribution is -2.16. The molecule has 0 aliphatic rings. The summed E-state index contributed by atoms with van der Waals surface area (Å²) in [5.41, 5.74) is 0.998. The molecule has 0 aliphatic carbocycles. The highest BCUT2D eigenvalue weighted by Gasteiger charge is 2.17. The minimum Gasteiger partial charge on any atom is -0.466 e.